The predicted molar refractivity (Wildman–Crippen MR) is 60.4 cm³/mol. The van der Waals surface area contributed by atoms with Crippen LogP contribution in [0.5, 0.6) is 0 Å². The zero-order chi connectivity index (χ0) is 8.97. The largest absolute Gasteiger partial charge is 0.324 e. The first-order valence-electron chi connectivity index (χ1n) is 4.29. The summed E-state index contributed by atoms with van der Waals surface area (Å²) < 4.78 is 2.30. The van der Waals surface area contributed by atoms with Crippen LogP contribution in [0, 0.1) is 5.92 Å². The molecule has 1 heterocycles. The van der Waals surface area contributed by atoms with Gasteiger partial charge in [0.05, 0.1) is 0 Å². The molecule has 0 fully saturated rings. The molecule has 1 nitrogen and oxygen atoms in total. The van der Waals surface area contributed by atoms with Crippen LogP contribution in [-0.2, 0) is 0 Å². The summed E-state index contributed by atoms with van der Waals surface area (Å²) in [6, 6.07) is 0. The second kappa shape index (κ2) is 5.07. The number of thioether (sulfide) groups is 1. The van der Waals surface area contributed by atoms with Crippen LogP contribution in [-0.4, -0.2) is 28.6 Å². The predicted octanol–water partition coefficient (Wildman–Crippen LogP) is 2.85. The Morgan fingerprint density at radius 1 is 1.50 bits per heavy atom. The fourth-order valence-corrected chi connectivity index (χ4v) is 2.43. The molecule has 0 saturated heterocycles. The van der Waals surface area contributed by atoms with Gasteiger partial charge < -0.3 is 4.31 Å². The summed E-state index contributed by atoms with van der Waals surface area (Å²) in [5, 5.41) is 0.769. The number of allylic oxidation sites excluding steroid dienone is 1. The molecule has 1 rings (SSSR count). The first kappa shape index (κ1) is 10.3. The second-order valence-electron chi connectivity index (χ2n) is 3.06. The molecule has 3 heteroatoms. The van der Waals surface area contributed by atoms with Gasteiger partial charge in [0, 0.05) is 24.3 Å². The van der Waals surface area contributed by atoms with Crippen LogP contribution in [0.15, 0.2) is 12.3 Å². The van der Waals surface area contributed by atoms with Gasteiger partial charge in [-0.2, -0.15) is 11.8 Å². The Morgan fingerprint density at radius 3 is 2.67 bits per heavy atom. The van der Waals surface area contributed by atoms with Gasteiger partial charge in [0.15, 0.2) is 0 Å². The summed E-state index contributed by atoms with van der Waals surface area (Å²) >= 11 is 3.77. The molecular weight excluding hydrogens is 186 g/mol. The van der Waals surface area contributed by atoms with E-state index in [1.807, 2.05) is 11.8 Å². The van der Waals surface area contributed by atoms with E-state index in [4.69, 9.17) is 0 Å². The van der Waals surface area contributed by atoms with Gasteiger partial charge in [-0.3, -0.25) is 0 Å². The second-order valence-corrected chi connectivity index (χ2v) is 5.11. The van der Waals surface area contributed by atoms with Crippen LogP contribution in [0.25, 0.3) is 0 Å². The molecule has 70 valence electrons. The van der Waals surface area contributed by atoms with Crippen molar-refractivity contribution in [1.82, 2.24) is 4.31 Å². The van der Waals surface area contributed by atoms with E-state index in [0.717, 1.165) is 11.2 Å². The Labute approximate surface area is 84.1 Å². The SMILES string of the molecule is CSC(C)C1C=CN(SC)CC1. The molecular formula is C9H17NS2. The van der Waals surface area contributed by atoms with Crippen molar-refractivity contribution >= 4 is 23.7 Å². The van der Waals surface area contributed by atoms with E-state index in [0.29, 0.717) is 0 Å². The van der Waals surface area contributed by atoms with Gasteiger partial charge in [-0.25, -0.2) is 0 Å². The summed E-state index contributed by atoms with van der Waals surface area (Å²) in [5.41, 5.74) is 0. The topological polar surface area (TPSA) is 3.24 Å². The van der Waals surface area contributed by atoms with Gasteiger partial charge in [0.1, 0.15) is 0 Å². The van der Waals surface area contributed by atoms with E-state index in [2.05, 4.69) is 36.0 Å². The van der Waals surface area contributed by atoms with Gasteiger partial charge in [-0.15, -0.1) is 0 Å². The van der Waals surface area contributed by atoms with Crippen molar-refractivity contribution in [3.8, 4) is 0 Å². The highest BCUT2D eigenvalue weighted by Gasteiger charge is 2.17. The normalized spacial score (nSPS) is 25.9. The Morgan fingerprint density at radius 2 is 2.25 bits per heavy atom. The zero-order valence-corrected chi connectivity index (χ0v) is 9.62. The molecule has 0 N–H and O–H groups in total. The van der Waals surface area contributed by atoms with Crippen molar-refractivity contribution in [2.75, 3.05) is 19.1 Å². The van der Waals surface area contributed by atoms with Crippen molar-refractivity contribution in [1.29, 1.82) is 0 Å². The lowest BCUT2D eigenvalue weighted by Gasteiger charge is -2.28. The smallest absolute Gasteiger partial charge is 0.0294 e. The van der Waals surface area contributed by atoms with Crippen LogP contribution in [0.3, 0.4) is 0 Å². The maximum Gasteiger partial charge on any atom is 0.0294 e. The van der Waals surface area contributed by atoms with Crippen molar-refractivity contribution < 1.29 is 0 Å². The molecule has 2 atom stereocenters. The Hall–Kier alpha value is 0.240. The van der Waals surface area contributed by atoms with Crippen LogP contribution in [0.4, 0.5) is 0 Å². The average Bonchev–Trinajstić information content (AvgIpc) is 2.17. The van der Waals surface area contributed by atoms with Crippen molar-refractivity contribution in [3.05, 3.63) is 12.3 Å². The van der Waals surface area contributed by atoms with Crippen molar-refractivity contribution in [2.24, 2.45) is 5.92 Å². The summed E-state index contributed by atoms with van der Waals surface area (Å²) in [7, 11) is 0. The van der Waals surface area contributed by atoms with Crippen LogP contribution < -0.4 is 0 Å². The van der Waals surface area contributed by atoms with Gasteiger partial charge >= 0.3 is 0 Å². The van der Waals surface area contributed by atoms with Gasteiger partial charge in [-0.05, 0) is 18.6 Å². The summed E-state index contributed by atoms with van der Waals surface area (Å²) in [5.74, 6) is 0.781. The highest BCUT2D eigenvalue weighted by molar-refractivity contribution is 7.99. The third kappa shape index (κ3) is 2.63. The standard InChI is InChI=1S/C9H17NS2/c1-8(11-2)9-4-6-10(12-3)7-5-9/h4,6,8-9H,5,7H2,1-3H3. The Kier molecular flexibility index (Phi) is 4.36. The highest BCUT2D eigenvalue weighted by atomic mass is 32.2. The van der Waals surface area contributed by atoms with Crippen LogP contribution >= 0.6 is 23.7 Å². The average molecular weight is 203 g/mol. The maximum atomic E-state index is 2.35. The minimum atomic E-state index is 0.769. The molecule has 0 spiro atoms. The third-order valence-corrected chi connectivity index (χ3v) is 4.26. The molecule has 2 unspecified atom stereocenters. The van der Waals surface area contributed by atoms with Gasteiger partial charge in [-0.1, -0.05) is 24.9 Å². The lowest BCUT2D eigenvalue weighted by Crippen LogP contribution is -2.23. The van der Waals surface area contributed by atoms with E-state index < -0.39 is 0 Å². The van der Waals surface area contributed by atoms with Gasteiger partial charge in [0.25, 0.3) is 0 Å². The molecule has 0 amide bonds. The van der Waals surface area contributed by atoms with E-state index in [1.165, 1.54) is 13.0 Å². The molecule has 0 aliphatic carbocycles. The Bertz CT molecular complexity index is 159. The molecule has 0 aromatic rings. The molecule has 0 radical (unpaired) electrons. The summed E-state index contributed by atoms with van der Waals surface area (Å²) in [4.78, 5) is 0. The molecule has 0 bridgehead atoms. The van der Waals surface area contributed by atoms with E-state index in [1.54, 1.807) is 11.9 Å². The fourth-order valence-electron chi connectivity index (χ4n) is 1.37. The fraction of sp³-hybridized carbons (Fsp3) is 0.778. The lowest BCUT2D eigenvalue weighted by molar-refractivity contribution is 0.465. The number of nitrogens with zero attached hydrogens (tertiary/aromatic N) is 1. The quantitative estimate of drug-likeness (QED) is 0.649. The van der Waals surface area contributed by atoms with E-state index in [9.17, 15) is 0 Å². The maximum absolute atomic E-state index is 2.35. The third-order valence-electron chi connectivity index (χ3n) is 2.39. The summed E-state index contributed by atoms with van der Waals surface area (Å²) in [6.07, 6.45) is 10.2. The van der Waals surface area contributed by atoms with E-state index in [-0.39, 0.29) is 0 Å². The summed E-state index contributed by atoms with van der Waals surface area (Å²) in [6.45, 7) is 3.52. The highest BCUT2D eigenvalue weighted by Crippen LogP contribution is 2.26. The number of hydrogen-bond acceptors (Lipinski definition) is 3. The first-order valence-corrected chi connectivity index (χ1v) is 6.76. The molecule has 12 heavy (non-hydrogen) atoms. The van der Waals surface area contributed by atoms with Crippen molar-refractivity contribution in [3.63, 3.8) is 0 Å². The lowest BCUT2D eigenvalue weighted by atomic mass is 10.0. The molecule has 1 aliphatic heterocycles. The van der Waals surface area contributed by atoms with Crippen LogP contribution in [0.2, 0.25) is 0 Å². The molecule has 1 aliphatic rings. The first-order chi connectivity index (χ1) is 5.77. The van der Waals surface area contributed by atoms with Gasteiger partial charge in [0.2, 0.25) is 0 Å². The molecule has 0 aromatic heterocycles. The van der Waals surface area contributed by atoms with Crippen LogP contribution in [0.1, 0.15) is 13.3 Å². The minimum absolute atomic E-state index is 0.769. The zero-order valence-electron chi connectivity index (χ0n) is 7.99. The number of rotatable bonds is 3. The monoisotopic (exact) mass is 203 g/mol. The van der Waals surface area contributed by atoms with Crippen molar-refractivity contribution in [2.45, 2.75) is 18.6 Å². The Balaban J connectivity index is 2.42. The number of hydrogen-bond donors (Lipinski definition) is 0. The molecule has 0 aromatic carbocycles. The molecule has 0 saturated carbocycles. The van der Waals surface area contributed by atoms with E-state index >= 15 is 0 Å². The minimum Gasteiger partial charge on any atom is -0.324 e.